The average molecular weight is 352 g/mol. The molecule has 1 aliphatic heterocycles. The molecule has 2 amide bonds. The molecule has 0 bridgehead atoms. The second kappa shape index (κ2) is 6.56. The van der Waals surface area contributed by atoms with Gasteiger partial charge in [-0.05, 0) is 36.6 Å². The summed E-state index contributed by atoms with van der Waals surface area (Å²) in [4.78, 5) is 25.1. The molecule has 0 atom stereocenters. The maximum atomic E-state index is 12.6. The second-order valence-electron chi connectivity index (χ2n) is 6.73. The van der Waals surface area contributed by atoms with E-state index in [1.807, 2.05) is 18.2 Å². The molecule has 2 aliphatic rings. The van der Waals surface area contributed by atoms with E-state index in [1.54, 1.807) is 6.07 Å². The molecule has 2 aromatic carbocycles. The third-order valence-electron chi connectivity index (χ3n) is 5.16. The molecule has 0 unspecified atom stereocenters. The van der Waals surface area contributed by atoms with E-state index in [0.717, 1.165) is 23.4 Å². The minimum Gasteiger partial charge on any atom is -0.351 e. The lowest BCUT2D eigenvalue weighted by atomic mass is 9.64. The fourth-order valence-electron chi connectivity index (χ4n) is 3.54. The summed E-state index contributed by atoms with van der Waals surface area (Å²) in [6, 6.07) is 15.9. The van der Waals surface area contributed by atoms with Crippen molar-refractivity contribution in [1.82, 2.24) is 5.32 Å². The van der Waals surface area contributed by atoms with Crippen LogP contribution in [0.1, 0.15) is 35.2 Å². The zero-order valence-corrected chi connectivity index (χ0v) is 14.7. The Morgan fingerprint density at radius 1 is 1.16 bits per heavy atom. The Labute approximate surface area is 151 Å². The summed E-state index contributed by atoms with van der Waals surface area (Å²) in [5.74, 6) is 0.320. The van der Waals surface area contributed by atoms with Gasteiger partial charge in [0.2, 0.25) is 5.91 Å². The van der Waals surface area contributed by atoms with Gasteiger partial charge in [-0.15, -0.1) is 11.8 Å². The van der Waals surface area contributed by atoms with Crippen LogP contribution in [0.15, 0.2) is 53.4 Å². The van der Waals surface area contributed by atoms with Gasteiger partial charge in [0.1, 0.15) is 0 Å². The summed E-state index contributed by atoms with van der Waals surface area (Å²) in [5, 5.41) is 5.94. The van der Waals surface area contributed by atoms with Crippen LogP contribution in [0.2, 0.25) is 0 Å². The molecule has 1 saturated carbocycles. The maximum Gasteiger partial charge on any atom is 0.251 e. The van der Waals surface area contributed by atoms with Crippen molar-refractivity contribution in [1.29, 1.82) is 0 Å². The first-order chi connectivity index (χ1) is 12.2. The Balaban J connectivity index is 1.47. The molecule has 0 saturated heterocycles. The molecule has 2 aromatic rings. The summed E-state index contributed by atoms with van der Waals surface area (Å²) < 4.78 is 0. The van der Waals surface area contributed by atoms with Gasteiger partial charge in [-0.1, -0.05) is 36.8 Å². The molecule has 128 valence electrons. The van der Waals surface area contributed by atoms with Crippen LogP contribution in [0.25, 0.3) is 0 Å². The zero-order chi connectivity index (χ0) is 17.3. The van der Waals surface area contributed by atoms with Gasteiger partial charge in [-0.3, -0.25) is 9.59 Å². The Morgan fingerprint density at radius 2 is 1.96 bits per heavy atom. The number of carbonyl (C=O) groups excluding carboxylic acids is 2. The Bertz CT molecular complexity index is 816. The number of carbonyl (C=O) groups is 2. The predicted molar refractivity (Wildman–Crippen MR) is 100 cm³/mol. The van der Waals surface area contributed by atoms with E-state index >= 15 is 0 Å². The van der Waals surface area contributed by atoms with Crippen LogP contribution in [0.3, 0.4) is 0 Å². The van der Waals surface area contributed by atoms with Crippen molar-refractivity contribution in [2.45, 2.75) is 29.6 Å². The van der Waals surface area contributed by atoms with Gasteiger partial charge in [0.25, 0.3) is 5.91 Å². The van der Waals surface area contributed by atoms with Gasteiger partial charge in [0, 0.05) is 22.4 Å². The molecule has 5 heteroatoms. The zero-order valence-electron chi connectivity index (χ0n) is 13.9. The third-order valence-corrected chi connectivity index (χ3v) is 6.23. The van der Waals surface area contributed by atoms with Crippen molar-refractivity contribution in [3.63, 3.8) is 0 Å². The number of thioether (sulfide) groups is 1. The fraction of sp³-hybridized carbons (Fsp3) is 0.300. The van der Waals surface area contributed by atoms with E-state index in [0.29, 0.717) is 17.9 Å². The van der Waals surface area contributed by atoms with Crippen molar-refractivity contribution < 1.29 is 9.59 Å². The molecular formula is C20H20N2O2S. The molecule has 0 spiro atoms. The quantitative estimate of drug-likeness (QED) is 0.884. The summed E-state index contributed by atoms with van der Waals surface area (Å²) in [6.07, 6.45) is 3.41. The first kappa shape index (κ1) is 16.2. The number of hydrogen-bond acceptors (Lipinski definition) is 3. The topological polar surface area (TPSA) is 58.2 Å². The molecule has 1 heterocycles. The highest BCUT2D eigenvalue weighted by Crippen LogP contribution is 2.43. The Kier molecular flexibility index (Phi) is 4.25. The largest absolute Gasteiger partial charge is 0.351 e. The number of benzene rings is 2. The summed E-state index contributed by atoms with van der Waals surface area (Å²) in [6.45, 7) is 0.647. The molecule has 25 heavy (non-hydrogen) atoms. The number of amides is 2. The Hall–Kier alpha value is -2.27. The number of hydrogen-bond donors (Lipinski definition) is 2. The van der Waals surface area contributed by atoms with Gasteiger partial charge < -0.3 is 10.6 Å². The van der Waals surface area contributed by atoms with Crippen LogP contribution in [-0.2, 0) is 10.2 Å². The molecule has 4 rings (SSSR count). The van der Waals surface area contributed by atoms with Gasteiger partial charge in [0.15, 0.2) is 0 Å². The summed E-state index contributed by atoms with van der Waals surface area (Å²) >= 11 is 1.50. The van der Waals surface area contributed by atoms with Crippen molar-refractivity contribution in [3.8, 4) is 0 Å². The molecule has 0 radical (unpaired) electrons. The molecule has 0 aromatic heterocycles. The van der Waals surface area contributed by atoms with Crippen molar-refractivity contribution in [2.75, 3.05) is 17.6 Å². The first-order valence-corrected chi connectivity index (χ1v) is 9.55. The van der Waals surface area contributed by atoms with Gasteiger partial charge in [-0.25, -0.2) is 0 Å². The molecule has 1 aliphatic carbocycles. The fourth-order valence-corrected chi connectivity index (χ4v) is 4.33. The second-order valence-corrected chi connectivity index (χ2v) is 7.75. The van der Waals surface area contributed by atoms with Crippen LogP contribution in [-0.4, -0.2) is 24.1 Å². The van der Waals surface area contributed by atoms with Crippen LogP contribution < -0.4 is 10.6 Å². The smallest absolute Gasteiger partial charge is 0.251 e. The molecular weight excluding hydrogens is 332 g/mol. The minimum atomic E-state index is -0.0881. The number of fused-ring (bicyclic) bond motifs is 1. The lowest BCUT2D eigenvalue weighted by Crippen LogP contribution is -2.45. The van der Waals surface area contributed by atoms with E-state index in [9.17, 15) is 9.59 Å². The van der Waals surface area contributed by atoms with E-state index in [1.165, 1.54) is 23.7 Å². The molecule has 1 fully saturated rings. The minimum absolute atomic E-state index is 0.0208. The predicted octanol–water partition coefficient (Wildman–Crippen LogP) is 3.58. The van der Waals surface area contributed by atoms with Crippen molar-refractivity contribution in [3.05, 3.63) is 59.7 Å². The summed E-state index contributed by atoms with van der Waals surface area (Å²) in [5.41, 5.74) is 2.69. The highest BCUT2D eigenvalue weighted by Gasteiger charge is 2.38. The lowest BCUT2D eigenvalue weighted by Gasteiger charge is -2.42. The molecule has 2 N–H and O–H groups in total. The monoisotopic (exact) mass is 352 g/mol. The summed E-state index contributed by atoms with van der Waals surface area (Å²) in [7, 11) is 0. The number of nitrogens with one attached hydrogen (secondary N) is 2. The van der Waals surface area contributed by atoms with E-state index < -0.39 is 0 Å². The SMILES string of the molecule is O=C1CSc2ccc(C(=O)NCC3(c4ccccc4)CCC3)cc2N1. The van der Waals surface area contributed by atoms with E-state index in [2.05, 4.69) is 34.9 Å². The third kappa shape index (κ3) is 3.16. The van der Waals surface area contributed by atoms with Crippen molar-refractivity contribution >= 4 is 29.3 Å². The van der Waals surface area contributed by atoms with Gasteiger partial charge in [-0.2, -0.15) is 0 Å². The van der Waals surface area contributed by atoms with Crippen molar-refractivity contribution in [2.24, 2.45) is 0 Å². The van der Waals surface area contributed by atoms with Gasteiger partial charge in [0.05, 0.1) is 11.4 Å². The van der Waals surface area contributed by atoms with Crippen LogP contribution >= 0.6 is 11.8 Å². The maximum absolute atomic E-state index is 12.6. The van der Waals surface area contributed by atoms with Crippen LogP contribution in [0.4, 0.5) is 5.69 Å². The number of anilines is 1. The van der Waals surface area contributed by atoms with E-state index in [-0.39, 0.29) is 17.2 Å². The molecule has 4 nitrogen and oxygen atoms in total. The Morgan fingerprint density at radius 3 is 2.68 bits per heavy atom. The van der Waals surface area contributed by atoms with Gasteiger partial charge >= 0.3 is 0 Å². The standard InChI is InChI=1S/C20H20N2O2S/c23-18-12-25-17-8-7-14(11-16(17)22-18)19(24)21-13-20(9-4-10-20)15-5-2-1-3-6-15/h1-3,5-8,11H,4,9-10,12-13H2,(H,21,24)(H,22,23). The normalized spacial score (nSPS) is 17.8. The lowest BCUT2D eigenvalue weighted by molar-refractivity contribution is -0.113. The van der Waals surface area contributed by atoms with E-state index in [4.69, 9.17) is 0 Å². The highest BCUT2D eigenvalue weighted by molar-refractivity contribution is 8.00. The first-order valence-electron chi connectivity index (χ1n) is 8.57. The van der Waals surface area contributed by atoms with Crippen LogP contribution in [0.5, 0.6) is 0 Å². The highest BCUT2D eigenvalue weighted by atomic mass is 32.2. The number of rotatable bonds is 4. The average Bonchev–Trinajstić information content (AvgIpc) is 2.61. The van der Waals surface area contributed by atoms with Crippen LogP contribution in [0, 0.1) is 0 Å².